The van der Waals surface area contributed by atoms with E-state index in [-0.39, 0.29) is 18.0 Å². The smallest absolute Gasteiger partial charge is 0.476 e. The normalized spacial score (nSPS) is 11.5. The molecule has 7 nitrogen and oxygen atoms in total. The number of pyridine rings is 1. The second-order valence-electron chi connectivity index (χ2n) is 6.96. The van der Waals surface area contributed by atoms with E-state index in [1.54, 1.807) is 37.5 Å². The lowest BCUT2D eigenvalue weighted by atomic mass is 10.0. The molecule has 4 aromatic rings. The fourth-order valence-corrected chi connectivity index (χ4v) is 3.43. The number of ether oxygens (including phenoxy) is 1. The Morgan fingerprint density at radius 2 is 1.94 bits per heavy atom. The van der Waals surface area contributed by atoms with E-state index in [2.05, 4.69) is 20.1 Å². The molecule has 2 aromatic carbocycles. The number of anilines is 1. The zero-order chi connectivity index (χ0) is 22.9. The molecule has 0 aliphatic carbocycles. The van der Waals surface area contributed by atoms with Gasteiger partial charge in [-0.2, -0.15) is 5.10 Å². The number of nitrogens with one attached hydrogen (secondary N) is 1. The number of para-hydroxylation sites is 1. The lowest BCUT2D eigenvalue weighted by Gasteiger charge is -2.11. The number of hydrogen-bond acceptors (Lipinski definition) is 5. The monoisotopic (exact) mass is 442 g/mol. The largest absolute Gasteiger partial charge is 0.573 e. The summed E-state index contributed by atoms with van der Waals surface area (Å²) in [5.74, 6) is -0.862. The van der Waals surface area contributed by atoms with Crippen molar-refractivity contribution in [2.45, 2.75) is 12.9 Å². The minimum atomic E-state index is -4.74. The van der Waals surface area contributed by atoms with Crippen molar-refractivity contribution in [1.82, 2.24) is 14.8 Å². The number of nitrogens with zero attached hydrogens (tertiary/aromatic N) is 3. The van der Waals surface area contributed by atoms with E-state index in [1.165, 1.54) is 22.9 Å². The van der Waals surface area contributed by atoms with Crippen LogP contribution in [0.4, 0.5) is 19.0 Å². The second-order valence-corrected chi connectivity index (χ2v) is 6.96. The van der Waals surface area contributed by atoms with Crippen molar-refractivity contribution >= 4 is 22.7 Å². The van der Waals surface area contributed by atoms with Crippen LogP contribution in [0.2, 0.25) is 0 Å². The van der Waals surface area contributed by atoms with Gasteiger partial charge in [0.15, 0.2) is 5.69 Å². The molecule has 4 rings (SSSR count). The van der Waals surface area contributed by atoms with E-state index >= 15 is 0 Å². The summed E-state index contributed by atoms with van der Waals surface area (Å²) in [5.41, 5.74) is 2.79. The Labute approximate surface area is 180 Å². The Morgan fingerprint density at radius 3 is 2.62 bits per heavy atom. The Morgan fingerprint density at radius 1 is 1.16 bits per heavy atom. The van der Waals surface area contributed by atoms with Gasteiger partial charge in [0.05, 0.1) is 5.52 Å². The predicted molar refractivity (Wildman–Crippen MR) is 111 cm³/mol. The molecule has 10 heteroatoms. The average molecular weight is 442 g/mol. The van der Waals surface area contributed by atoms with Crippen LogP contribution in [0.25, 0.3) is 22.0 Å². The van der Waals surface area contributed by atoms with Crippen LogP contribution in [0.1, 0.15) is 16.1 Å². The number of aromatic carboxylic acids is 1. The van der Waals surface area contributed by atoms with Gasteiger partial charge in [-0.1, -0.05) is 30.3 Å². The molecule has 2 aromatic heterocycles. The maximum atomic E-state index is 12.4. The molecule has 0 saturated heterocycles. The van der Waals surface area contributed by atoms with E-state index in [1.807, 2.05) is 12.1 Å². The van der Waals surface area contributed by atoms with Crippen molar-refractivity contribution in [3.8, 4) is 16.9 Å². The van der Waals surface area contributed by atoms with Crippen LogP contribution < -0.4 is 10.1 Å². The first-order valence-electron chi connectivity index (χ1n) is 9.45. The lowest BCUT2D eigenvalue weighted by Crippen LogP contribution is -2.17. The Kier molecular flexibility index (Phi) is 5.43. The van der Waals surface area contributed by atoms with Crippen LogP contribution >= 0.6 is 0 Å². The second kappa shape index (κ2) is 8.22. The van der Waals surface area contributed by atoms with Crippen LogP contribution in [-0.2, 0) is 13.6 Å². The van der Waals surface area contributed by atoms with Crippen molar-refractivity contribution < 1.29 is 27.8 Å². The predicted octanol–water partition coefficient (Wildman–Crippen LogP) is 4.84. The SMILES string of the molecule is Cn1nc(C(=O)O)c2cccc(-c3ccc(NCc4cccc(OC(F)(F)F)c4)nc3)c21. The summed E-state index contributed by atoms with van der Waals surface area (Å²) < 4.78 is 42.6. The number of aromatic nitrogens is 3. The standard InChI is InChI=1S/C22H17F3N4O3/c1-29-20-16(6-3-7-17(20)19(28-29)21(30)31)14-8-9-18(27-12-14)26-11-13-4-2-5-15(10-13)32-22(23,24)25/h2-10,12H,11H2,1H3,(H,26,27)(H,30,31). The number of carboxylic acid groups (broad SMARTS) is 1. The summed E-state index contributed by atoms with van der Waals surface area (Å²) >= 11 is 0. The van der Waals surface area contributed by atoms with Gasteiger partial charge in [0.25, 0.3) is 0 Å². The highest BCUT2D eigenvalue weighted by Crippen LogP contribution is 2.30. The number of rotatable bonds is 6. The molecule has 0 spiro atoms. The highest BCUT2D eigenvalue weighted by atomic mass is 19.4. The molecule has 0 atom stereocenters. The Hall–Kier alpha value is -4.08. The number of aryl methyl sites for hydroxylation is 1. The van der Waals surface area contributed by atoms with Crippen molar-refractivity contribution in [2.75, 3.05) is 5.32 Å². The van der Waals surface area contributed by atoms with Gasteiger partial charge in [0.1, 0.15) is 11.6 Å². The first kappa shape index (κ1) is 21.2. The fourth-order valence-electron chi connectivity index (χ4n) is 3.43. The van der Waals surface area contributed by atoms with Gasteiger partial charge in [0, 0.05) is 36.3 Å². The lowest BCUT2D eigenvalue weighted by molar-refractivity contribution is -0.274. The number of halogens is 3. The maximum Gasteiger partial charge on any atom is 0.573 e. The van der Waals surface area contributed by atoms with Gasteiger partial charge in [-0.15, -0.1) is 13.2 Å². The molecule has 0 fully saturated rings. The molecule has 0 saturated carbocycles. The summed E-state index contributed by atoms with van der Waals surface area (Å²) in [6.07, 6.45) is -3.11. The van der Waals surface area contributed by atoms with Crippen molar-refractivity contribution in [3.05, 3.63) is 72.1 Å². The zero-order valence-corrected chi connectivity index (χ0v) is 16.7. The topological polar surface area (TPSA) is 89.3 Å². The Bertz CT molecular complexity index is 1280. The van der Waals surface area contributed by atoms with E-state index in [9.17, 15) is 23.1 Å². The van der Waals surface area contributed by atoms with Crippen LogP contribution in [0.5, 0.6) is 5.75 Å². The molecule has 0 aliphatic heterocycles. The molecule has 164 valence electrons. The highest BCUT2D eigenvalue weighted by molar-refractivity contribution is 6.05. The van der Waals surface area contributed by atoms with Crippen LogP contribution in [0.3, 0.4) is 0 Å². The molecule has 0 radical (unpaired) electrons. The summed E-state index contributed by atoms with van der Waals surface area (Å²) in [5, 5.41) is 17.0. The van der Waals surface area contributed by atoms with E-state index in [0.29, 0.717) is 22.3 Å². The van der Waals surface area contributed by atoms with E-state index in [0.717, 1.165) is 11.1 Å². The molecule has 0 aliphatic rings. The third-order valence-electron chi connectivity index (χ3n) is 4.75. The van der Waals surface area contributed by atoms with E-state index < -0.39 is 12.3 Å². The van der Waals surface area contributed by atoms with Crippen LogP contribution in [-0.4, -0.2) is 32.2 Å². The molecule has 2 heterocycles. The van der Waals surface area contributed by atoms with Gasteiger partial charge < -0.3 is 15.2 Å². The number of carbonyl (C=O) groups is 1. The number of fused-ring (bicyclic) bond motifs is 1. The summed E-state index contributed by atoms with van der Waals surface area (Å²) in [6.45, 7) is 0.251. The zero-order valence-electron chi connectivity index (χ0n) is 16.7. The van der Waals surface area contributed by atoms with Crippen LogP contribution in [0, 0.1) is 0 Å². The summed E-state index contributed by atoms with van der Waals surface area (Å²) in [4.78, 5) is 15.8. The minimum absolute atomic E-state index is 0.0210. The third-order valence-corrected chi connectivity index (χ3v) is 4.75. The average Bonchev–Trinajstić information content (AvgIpc) is 3.09. The molecule has 32 heavy (non-hydrogen) atoms. The van der Waals surface area contributed by atoms with Gasteiger partial charge in [0.2, 0.25) is 0 Å². The molecule has 0 unspecified atom stereocenters. The maximum absolute atomic E-state index is 12.4. The number of alkyl halides is 3. The molecule has 2 N–H and O–H groups in total. The molecular formula is C22H17F3N4O3. The Balaban J connectivity index is 1.52. The number of benzene rings is 2. The van der Waals surface area contributed by atoms with Gasteiger partial charge >= 0.3 is 12.3 Å². The fraction of sp³-hybridized carbons (Fsp3) is 0.136. The van der Waals surface area contributed by atoms with Gasteiger partial charge in [-0.25, -0.2) is 9.78 Å². The van der Waals surface area contributed by atoms with Crippen molar-refractivity contribution in [2.24, 2.45) is 7.05 Å². The van der Waals surface area contributed by atoms with E-state index in [4.69, 9.17) is 0 Å². The van der Waals surface area contributed by atoms with Gasteiger partial charge in [-0.05, 0) is 29.8 Å². The minimum Gasteiger partial charge on any atom is -0.476 e. The number of hydrogen-bond donors (Lipinski definition) is 2. The van der Waals surface area contributed by atoms with Crippen molar-refractivity contribution in [1.29, 1.82) is 0 Å². The quantitative estimate of drug-likeness (QED) is 0.444. The molecule has 0 bridgehead atoms. The molecular weight excluding hydrogens is 425 g/mol. The number of carboxylic acids is 1. The van der Waals surface area contributed by atoms with Gasteiger partial charge in [-0.3, -0.25) is 4.68 Å². The third kappa shape index (κ3) is 4.48. The van der Waals surface area contributed by atoms with Crippen molar-refractivity contribution in [3.63, 3.8) is 0 Å². The summed E-state index contributed by atoms with van der Waals surface area (Å²) in [6, 6.07) is 14.6. The highest BCUT2D eigenvalue weighted by Gasteiger charge is 2.31. The summed E-state index contributed by atoms with van der Waals surface area (Å²) in [7, 11) is 1.68. The van der Waals surface area contributed by atoms with Crippen LogP contribution in [0.15, 0.2) is 60.8 Å². The first-order chi connectivity index (χ1) is 15.2. The molecule has 0 amide bonds. The first-order valence-corrected chi connectivity index (χ1v) is 9.45.